The number of nitrogens with zero attached hydrogens (tertiary/aromatic N) is 2. The molecule has 2 rings (SSSR count). The van der Waals surface area contributed by atoms with E-state index in [-0.39, 0.29) is 18.1 Å². The van der Waals surface area contributed by atoms with Gasteiger partial charge in [0.25, 0.3) is 5.91 Å². The topological polar surface area (TPSA) is 76.1 Å². The first-order valence-electron chi connectivity index (χ1n) is 8.04. The second kappa shape index (κ2) is 7.77. The third-order valence-electron chi connectivity index (χ3n) is 2.99. The quantitative estimate of drug-likeness (QED) is 0.846. The van der Waals surface area contributed by atoms with Gasteiger partial charge in [0.2, 0.25) is 5.95 Å². The first-order valence-corrected chi connectivity index (χ1v) is 8.04. The van der Waals surface area contributed by atoms with Crippen LogP contribution in [0.2, 0.25) is 0 Å². The number of carbonyl (C=O) groups is 1. The van der Waals surface area contributed by atoms with Crippen molar-refractivity contribution < 1.29 is 9.53 Å². The van der Waals surface area contributed by atoms with Crippen LogP contribution in [0.25, 0.3) is 0 Å². The van der Waals surface area contributed by atoms with Crippen LogP contribution >= 0.6 is 0 Å². The van der Waals surface area contributed by atoms with Crippen molar-refractivity contribution in [1.29, 1.82) is 0 Å². The number of aromatic nitrogens is 2. The van der Waals surface area contributed by atoms with Gasteiger partial charge in [0, 0.05) is 17.4 Å². The minimum absolute atomic E-state index is 0.112. The van der Waals surface area contributed by atoms with Crippen molar-refractivity contribution in [3.05, 3.63) is 41.7 Å². The van der Waals surface area contributed by atoms with Crippen molar-refractivity contribution >= 4 is 17.5 Å². The van der Waals surface area contributed by atoms with Crippen LogP contribution in [-0.4, -0.2) is 28.0 Å². The lowest BCUT2D eigenvalue weighted by Gasteiger charge is -2.12. The molecular formula is C18H24N4O2. The summed E-state index contributed by atoms with van der Waals surface area (Å²) in [7, 11) is 0. The smallest absolute Gasteiger partial charge is 0.274 e. The Balaban J connectivity index is 2.10. The fourth-order valence-corrected chi connectivity index (χ4v) is 2.09. The number of ether oxygens (including phenoxy) is 1. The van der Waals surface area contributed by atoms with Crippen molar-refractivity contribution in [3.63, 3.8) is 0 Å². The summed E-state index contributed by atoms with van der Waals surface area (Å²) in [6, 6.07) is 9.11. The monoisotopic (exact) mass is 328 g/mol. The molecule has 128 valence electrons. The first kappa shape index (κ1) is 17.7. The van der Waals surface area contributed by atoms with Gasteiger partial charge in [-0.25, -0.2) is 9.97 Å². The van der Waals surface area contributed by atoms with Gasteiger partial charge in [-0.2, -0.15) is 0 Å². The van der Waals surface area contributed by atoms with Crippen LogP contribution < -0.4 is 15.4 Å². The molecule has 1 aromatic heterocycles. The van der Waals surface area contributed by atoms with E-state index < -0.39 is 0 Å². The van der Waals surface area contributed by atoms with Crippen molar-refractivity contribution in [1.82, 2.24) is 9.97 Å². The van der Waals surface area contributed by atoms with E-state index in [0.29, 0.717) is 17.3 Å². The number of benzene rings is 1. The van der Waals surface area contributed by atoms with Crippen molar-refractivity contribution in [3.8, 4) is 5.75 Å². The van der Waals surface area contributed by atoms with Gasteiger partial charge in [-0.1, -0.05) is 0 Å². The molecule has 0 spiro atoms. The molecule has 24 heavy (non-hydrogen) atoms. The Kier molecular flexibility index (Phi) is 5.73. The van der Waals surface area contributed by atoms with E-state index in [1.54, 1.807) is 18.2 Å². The van der Waals surface area contributed by atoms with E-state index in [1.807, 2.05) is 46.8 Å². The zero-order chi connectivity index (χ0) is 17.7. The zero-order valence-corrected chi connectivity index (χ0v) is 14.8. The molecule has 0 radical (unpaired) electrons. The number of amides is 1. The van der Waals surface area contributed by atoms with E-state index in [9.17, 15) is 4.79 Å². The minimum atomic E-state index is -0.273. The standard InChI is InChI=1S/C18H24N4O2/c1-11(2)19-18-20-13(5)10-16(22-18)17(23)21-14-6-8-15(9-7-14)24-12(3)4/h6-12H,1-5H3,(H,21,23)(H,19,20,22). The van der Waals surface area contributed by atoms with Crippen molar-refractivity contribution in [2.45, 2.75) is 46.8 Å². The lowest BCUT2D eigenvalue weighted by atomic mass is 10.2. The number of hydrogen-bond donors (Lipinski definition) is 2. The molecule has 6 heteroatoms. The summed E-state index contributed by atoms with van der Waals surface area (Å²) in [6.07, 6.45) is 0.112. The Morgan fingerprint density at radius 1 is 1.08 bits per heavy atom. The van der Waals surface area contributed by atoms with Crippen molar-refractivity contribution in [2.75, 3.05) is 10.6 Å². The zero-order valence-electron chi connectivity index (χ0n) is 14.8. The highest BCUT2D eigenvalue weighted by atomic mass is 16.5. The van der Waals surface area contributed by atoms with Crippen LogP contribution in [0.5, 0.6) is 5.75 Å². The lowest BCUT2D eigenvalue weighted by molar-refractivity contribution is 0.102. The number of anilines is 2. The molecule has 0 aliphatic rings. The van der Waals surface area contributed by atoms with Crippen LogP contribution in [0, 0.1) is 6.92 Å². The fraction of sp³-hybridized carbons (Fsp3) is 0.389. The molecule has 0 fully saturated rings. The second-order valence-electron chi connectivity index (χ2n) is 6.16. The number of carbonyl (C=O) groups excluding carboxylic acids is 1. The maximum atomic E-state index is 12.4. The predicted octanol–water partition coefficient (Wildman–Crippen LogP) is 3.64. The number of rotatable bonds is 6. The highest BCUT2D eigenvalue weighted by Gasteiger charge is 2.11. The molecule has 0 unspecified atom stereocenters. The van der Waals surface area contributed by atoms with E-state index in [2.05, 4.69) is 20.6 Å². The normalized spacial score (nSPS) is 10.8. The predicted molar refractivity (Wildman–Crippen MR) is 95.7 cm³/mol. The summed E-state index contributed by atoms with van der Waals surface area (Å²) < 4.78 is 5.59. The maximum absolute atomic E-state index is 12.4. The molecule has 0 atom stereocenters. The molecule has 1 heterocycles. The third-order valence-corrected chi connectivity index (χ3v) is 2.99. The third kappa shape index (κ3) is 5.22. The number of hydrogen-bond acceptors (Lipinski definition) is 5. The van der Waals surface area contributed by atoms with Gasteiger partial charge in [-0.05, 0) is 65.0 Å². The van der Waals surface area contributed by atoms with Gasteiger partial charge in [0.05, 0.1) is 6.10 Å². The molecule has 2 N–H and O–H groups in total. The van der Waals surface area contributed by atoms with Gasteiger partial charge in [-0.3, -0.25) is 4.79 Å². The molecular weight excluding hydrogens is 304 g/mol. The average Bonchev–Trinajstić information content (AvgIpc) is 2.47. The Bertz CT molecular complexity index is 697. The first-order chi connectivity index (χ1) is 11.3. The molecule has 0 aliphatic carbocycles. The largest absolute Gasteiger partial charge is 0.491 e. The Morgan fingerprint density at radius 2 is 1.75 bits per heavy atom. The average molecular weight is 328 g/mol. The summed E-state index contributed by atoms with van der Waals surface area (Å²) in [6.45, 7) is 9.76. The van der Waals surface area contributed by atoms with E-state index in [0.717, 1.165) is 11.4 Å². The van der Waals surface area contributed by atoms with E-state index >= 15 is 0 Å². The van der Waals surface area contributed by atoms with Gasteiger partial charge in [0.1, 0.15) is 11.4 Å². The summed E-state index contributed by atoms with van der Waals surface area (Å²) in [5.74, 6) is 0.949. The van der Waals surface area contributed by atoms with Crippen LogP contribution in [0.4, 0.5) is 11.6 Å². The Morgan fingerprint density at radius 3 is 2.33 bits per heavy atom. The Hall–Kier alpha value is -2.63. The van der Waals surface area contributed by atoms with Crippen LogP contribution in [0.3, 0.4) is 0 Å². The molecule has 0 saturated carbocycles. The SMILES string of the molecule is Cc1cc(C(=O)Nc2ccc(OC(C)C)cc2)nc(NC(C)C)n1. The fourth-order valence-electron chi connectivity index (χ4n) is 2.09. The minimum Gasteiger partial charge on any atom is -0.491 e. The van der Waals surface area contributed by atoms with Crippen LogP contribution in [0.1, 0.15) is 43.9 Å². The van der Waals surface area contributed by atoms with E-state index in [4.69, 9.17) is 4.74 Å². The number of aryl methyl sites for hydroxylation is 1. The molecule has 1 amide bonds. The highest BCUT2D eigenvalue weighted by Crippen LogP contribution is 2.17. The number of nitrogens with one attached hydrogen (secondary N) is 2. The lowest BCUT2D eigenvalue weighted by Crippen LogP contribution is -2.18. The molecule has 0 aliphatic heterocycles. The van der Waals surface area contributed by atoms with Gasteiger partial charge in [0.15, 0.2) is 0 Å². The molecule has 0 bridgehead atoms. The molecule has 0 saturated heterocycles. The Labute approximate surface area is 142 Å². The maximum Gasteiger partial charge on any atom is 0.274 e. The van der Waals surface area contributed by atoms with Crippen molar-refractivity contribution in [2.24, 2.45) is 0 Å². The van der Waals surface area contributed by atoms with Gasteiger partial charge < -0.3 is 15.4 Å². The van der Waals surface area contributed by atoms with E-state index in [1.165, 1.54) is 0 Å². The molecule has 6 nitrogen and oxygen atoms in total. The summed E-state index contributed by atoms with van der Waals surface area (Å²) in [5, 5.41) is 5.95. The van der Waals surface area contributed by atoms with Gasteiger partial charge in [-0.15, -0.1) is 0 Å². The van der Waals surface area contributed by atoms with Gasteiger partial charge >= 0.3 is 0 Å². The summed E-state index contributed by atoms with van der Waals surface area (Å²) >= 11 is 0. The summed E-state index contributed by atoms with van der Waals surface area (Å²) in [4.78, 5) is 21.0. The molecule has 2 aromatic rings. The van der Waals surface area contributed by atoms with Crippen LogP contribution in [-0.2, 0) is 0 Å². The molecule has 1 aromatic carbocycles. The second-order valence-corrected chi connectivity index (χ2v) is 6.16. The van der Waals surface area contributed by atoms with Crippen LogP contribution in [0.15, 0.2) is 30.3 Å². The highest BCUT2D eigenvalue weighted by molar-refractivity contribution is 6.03. The summed E-state index contributed by atoms with van der Waals surface area (Å²) in [5.41, 5.74) is 1.75.